The SMILES string of the molecule is CN1CCN(c2ncnc3ccc(-c4c[nH]c5nc(-c6ccccc6)ccc45)cc23)CC1. The molecule has 1 aliphatic rings. The summed E-state index contributed by atoms with van der Waals surface area (Å²) in [6.07, 6.45) is 3.73. The number of nitrogens with one attached hydrogen (secondary N) is 1. The highest BCUT2D eigenvalue weighted by atomic mass is 15.3. The van der Waals surface area contributed by atoms with Gasteiger partial charge in [0.15, 0.2) is 0 Å². The van der Waals surface area contributed by atoms with E-state index in [1.54, 1.807) is 6.33 Å². The Morgan fingerprint density at radius 2 is 1.66 bits per heavy atom. The second-order valence-corrected chi connectivity index (χ2v) is 8.38. The van der Waals surface area contributed by atoms with Gasteiger partial charge in [-0.2, -0.15) is 0 Å². The fraction of sp³-hybridized carbons (Fsp3) is 0.192. The van der Waals surface area contributed by atoms with Crippen molar-refractivity contribution in [1.82, 2.24) is 24.8 Å². The first-order valence-electron chi connectivity index (χ1n) is 11.0. The van der Waals surface area contributed by atoms with E-state index in [-0.39, 0.29) is 0 Å². The second-order valence-electron chi connectivity index (χ2n) is 8.38. The molecule has 6 heteroatoms. The Kier molecular flexibility index (Phi) is 4.58. The molecule has 1 saturated heterocycles. The number of rotatable bonds is 3. The molecular weight excluding hydrogens is 396 g/mol. The minimum absolute atomic E-state index is 0.894. The Morgan fingerprint density at radius 3 is 2.50 bits per heavy atom. The van der Waals surface area contributed by atoms with Crippen LogP contribution >= 0.6 is 0 Å². The molecule has 0 spiro atoms. The van der Waals surface area contributed by atoms with Crippen LogP contribution in [0.1, 0.15) is 0 Å². The molecule has 0 atom stereocenters. The standard InChI is InChI=1S/C26H24N6/c1-31-11-13-32(14-12-31)26-21-15-19(7-9-24(21)28-17-29-26)22-16-27-25-20(22)8-10-23(30-25)18-5-3-2-4-6-18/h2-10,15-17H,11-14H2,1H3,(H,27,30). The average molecular weight is 421 g/mol. The first kappa shape index (κ1) is 19.0. The molecule has 6 rings (SSSR count). The van der Waals surface area contributed by atoms with Crippen molar-refractivity contribution < 1.29 is 0 Å². The number of pyridine rings is 1. The lowest BCUT2D eigenvalue weighted by molar-refractivity contribution is 0.312. The largest absolute Gasteiger partial charge is 0.353 e. The summed E-state index contributed by atoms with van der Waals surface area (Å²) < 4.78 is 0. The van der Waals surface area contributed by atoms with Crippen LogP contribution < -0.4 is 4.90 Å². The van der Waals surface area contributed by atoms with Crippen molar-refractivity contribution >= 4 is 27.8 Å². The molecule has 4 heterocycles. The molecule has 1 fully saturated rings. The van der Waals surface area contributed by atoms with Crippen molar-refractivity contribution in [1.29, 1.82) is 0 Å². The van der Waals surface area contributed by atoms with Gasteiger partial charge in [-0.05, 0) is 36.9 Å². The van der Waals surface area contributed by atoms with Crippen molar-refractivity contribution in [2.45, 2.75) is 0 Å². The molecule has 0 bridgehead atoms. The second kappa shape index (κ2) is 7.73. The van der Waals surface area contributed by atoms with Crippen LogP contribution in [0.2, 0.25) is 0 Å². The zero-order chi connectivity index (χ0) is 21.5. The molecule has 0 amide bonds. The van der Waals surface area contributed by atoms with Crippen LogP contribution in [0.15, 0.2) is 73.2 Å². The molecule has 2 aromatic carbocycles. The summed E-state index contributed by atoms with van der Waals surface area (Å²) in [6.45, 7) is 4.05. The summed E-state index contributed by atoms with van der Waals surface area (Å²) in [5.74, 6) is 1.02. The molecule has 3 aromatic heterocycles. The van der Waals surface area contributed by atoms with E-state index in [1.165, 1.54) is 0 Å². The maximum atomic E-state index is 4.86. The molecule has 0 unspecified atom stereocenters. The fourth-order valence-electron chi connectivity index (χ4n) is 4.49. The van der Waals surface area contributed by atoms with Crippen LogP contribution in [-0.4, -0.2) is 58.1 Å². The van der Waals surface area contributed by atoms with E-state index in [0.717, 1.165) is 76.3 Å². The molecule has 0 radical (unpaired) electrons. The molecule has 32 heavy (non-hydrogen) atoms. The molecular formula is C26H24N6. The number of fused-ring (bicyclic) bond motifs is 2. The van der Waals surface area contributed by atoms with Crippen molar-refractivity contribution in [2.24, 2.45) is 0 Å². The lowest BCUT2D eigenvalue weighted by Gasteiger charge is -2.33. The Bertz CT molecular complexity index is 1400. The highest BCUT2D eigenvalue weighted by molar-refractivity contribution is 5.99. The third-order valence-electron chi connectivity index (χ3n) is 6.34. The molecule has 158 valence electrons. The van der Waals surface area contributed by atoms with Gasteiger partial charge in [0.1, 0.15) is 17.8 Å². The maximum absolute atomic E-state index is 4.86. The van der Waals surface area contributed by atoms with E-state index in [2.05, 4.69) is 74.3 Å². The Morgan fingerprint density at radius 1 is 0.812 bits per heavy atom. The lowest BCUT2D eigenvalue weighted by Crippen LogP contribution is -2.44. The Labute approximate surface area is 186 Å². The predicted molar refractivity (Wildman–Crippen MR) is 130 cm³/mol. The number of H-pyrrole nitrogens is 1. The van der Waals surface area contributed by atoms with Crippen LogP contribution in [0.5, 0.6) is 0 Å². The van der Waals surface area contributed by atoms with Gasteiger partial charge in [-0.25, -0.2) is 15.0 Å². The summed E-state index contributed by atoms with van der Waals surface area (Å²) >= 11 is 0. The number of likely N-dealkylation sites (N-methyl/N-ethyl adjacent to an activating group) is 1. The number of benzene rings is 2. The number of hydrogen-bond acceptors (Lipinski definition) is 5. The fourth-order valence-corrected chi connectivity index (χ4v) is 4.49. The van der Waals surface area contributed by atoms with Gasteiger partial charge in [0.05, 0.1) is 11.2 Å². The van der Waals surface area contributed by atoms with E-state index in [0.29, 0.717) is 0 Å². The number of anilines is 1. The average Bonchev–Trinajstić information content (AvgIpc) is 3.28. The number of nitrogens with zero attached hydrogens (tertiary/aromatic N) is 5. The molecule has 6 nitrogen and oxygen atoms in total. The molecule has 0 aliphatic carbocycles. The van der Waals surface area contributed by atoms with Crippen molar-refractivity contribution in [3.8, 4) is 22.4 Å². The van der Waals surface area contributed by atoms with Crippen molar-refractivity contribution in [2.75, 3.05) is 38.1 Å². The topological polar surface area (TPSA) is 60.9 Å². The monoisotopic (exact) mass is 420 g/mol. The van der Waals surface area contributed by atoms with Crippen molar-refractivity contribution in [3.63, 3.8) is 0 Å². The first-order valence-corrected chi connectivity index (χ1v) is 11.0. The van der Waals surface area contributed by atoms with E-state index in [4.69, 9.17) is 4.98 Å². The zero-order valence-corrected chi connectivity index (χ0v) is 18.0. The molecule has 1 N–H and O–H groups in total. The summed E-state index contributed by atoms with van der Waals surface area (Å²) in [4.78, 5) is 22.1. The molecule has 5 aromatic rings. The number of aromatic nitrogens is 4. The van der Waals surface area contributed by atoms with Gasteiger partial charge in [-0.3, -0.25) is 0 Å². The highest BCUT2D eigenvalue weighted by Gasteiger charge is 2.18. The smallest absolute Gasteiger partial charge is 0.139 e. The van der Waals surface area contributed by atoms with Crippen LogP contribution in [-0.2, 0) is 0 Å². The van der Waals surface area contributed by atoms with E-state index in [1.807, 2.05) is 24.4 Å². The van der Waals surface area contributed by atoms with Gasteiger partial charge in [0.2, 0.25) is 0 Å². The van der Waals surface area contributed by atoms with E-state index >= 15 is 0 Å². The van der Waals surface area contributed by atoms with Gasteiger partial charge in [-0.15, -0.1) is 0 Å². The van der Waals surface area contributed by atoms with E-state index < -0.39 is 0 Å². The van der Waals surface area contributed by atoms with E-state index in [9.17, 15) is 0 Å². The highest BCUT2D eigenvalue weighted by Crippen LogP contribution is 2.33. The third-order valence-corrected chi connectivity index (χ3v) is 6.34. The zero-order valence-electron chi connectivity index (χ0n) is 18.0. The summed E-state index contributed by atoms with van der Waals surface area (Å²) in [6, 6.07) is 21.0. The van der Waals surface area contributed by atoms with Crippen LogP contribution in [0.3, 0.4) is 0 Å². The minimum atomic E-state index is 0.894. The van der Waals surface area contributed by atoms with Gasteiger partial charge in [-0.1, -0.05) is 36.4 Å². The lowest BCUT2D eigenvalue weighted by atomic mass is 10.0. The van der Waals surface area contributed by atoms with Gasteiger partial charge in [0, 0.05) is 54.3 Å². The van der Waals surface area contributed by atoms with Crippen molar-refractivity contribution in [3.05, 3.63) is 73.2 Å². The quantitative estimate of drug-likeness (QED) is 0.463. The normalized spacial score (nSPS) is 15.0. The van der Waals surface area contributed by atoms with Crippen LogP contribution in [0.25, 0.3) is 44.3 Å². The Hall–Kier alpha value is -3.77. The minimum Gasteiger partial charge on any atom is -0.353 e. The van der Waals surface area contributed by atoms with Crippen LogP contribution in [0.4, 0.5) is 5.82 Å². The number of aromatic amines is 1. The first-order chi connectivity index (χ1) is 15.8. The predicted octanol–water partition coefficient (Wildman–Crippen LogP) is 4.59. The van der Waals surface area contributed by atoms with Gasteiger partial charge in [0.25, 0.3) is 0 Å². The van der Waals surface area contributed by atoms with Gasteiger partial charge >= 0.3 is 0 Å². The molecule has 1 aliphatic heterocycles. The summed E-state index contributed by atoms with van der Waals surface area (Å²) in [7, 11) is 2.17. The van der Waals surface area contributed by atoms with Crippen LogP contribution in [0, 0.1) is 0 Å². The maximum Gasteiger partial charge on any atom is 0.139 e. The third kappa shape index (κ3) is 3.29. The Balaban J connectivity index is 1.42. The summed E-state index contributed by atoms with van der Waals surface area (Å²) in [5.41, 5.74) is 6.23. The number of hydrogen-bond donors (Lipinski definition) is 1. The molecule has 0 saturated carbocycles. The number of piperazine rings is 1. The summed E-state index contributed by atoms with van der Waals surface area (Å²) in [5, 5.41) is 2.21. The van der Waals surface area contributed by atoms with Gasteiger partial charge < -0.3 is 14.8 Å².